The van der Waals surface area contributed by atoms with Gasteiger partial charge in [0.15, 0.2) is 5.78 Å². The molecule has 0 spiro atoms. The Kier molecular flexibility index (Phi) is 3.14. The predicted octanol–water partition coefficient (Wildman–Crippen LogP) is 2.79. The van der Waals surface area contributed by atoms with E-state index in [-0.39, 0.29) is 34.2 Å². The van der Waals surface area contributed by atoms with E-state index in [4.69, 9.17) is 17.3 Å². The molecule has 4 nitrogen and oxygen atoms in total. The van der Waals surface area contributed by atoms with Gasteiger partial charge in [0.25, 0.3) is 0 Å². The SMILES string of the molecule is Nc1ccc(C(=O)c2cc3c(cc2Cl)NC(=O)C3)cc1F. The minimum atomic E-state index is -0.657. The van der Waals surface area contributed by atoms with Crippen molar-refractivity contribution in [1.29, 1.82) is 0 Å². The van der Waals surface area contributed by atoms with Crippen LogP contribution in [0.5, 0.6) is 0 Å². The highest BCUT2D eigenvalue weighted by Gasteiger charge is 2.22. The summed E-state index contributed by atoms with van der Waals surface area (Å²) in [4.78, 5) is 23.8. The summed E-state index contributed by atoms with van der Waals surface area (Å²) in [5, 5.41) is 2.86. The fraction of sp³-hybridized carbons (Fsp3) is 0.0667. The van der Waals surface area contributed by atoms with Crippen molar-refractivity contribution in [2.75, 3.05) is 11.1 Å². The number of halogens is 2. The van der Waals surface area contributed by atoms with E-state index in [1.165, 1.54) is 18.2 Å². The van der Waals surface area contributed by atoms with Crippen molar-refractivity contribution in [3.63, 3.8) is 0 Å². The van der Waals surface area contributed by atoms with Crippen LogP contribution in [0.4, 0.5) is 15.8 Å². The highest BCUT2D eigenvalue weighted by Crippen LogP contribution is 2.31. The second-order valence-electron chi connectivity index (χ2n) is 4.78. The maximum absolute atomic E-state index is 13.5. The molecule has 3 N–H and O–H groups in total. The first-order chi connectivity index (χ1) is 9.95. The van der Waals surface area contributed by atoms with Gasteiger partial charge >= 0.3 is 0 Å². The predicted molar refractivity (Wildman–Crippen MR) is 78.0 cm³/mol. The first-order valence-corrected chi connectivity index (χ1v) is 6.55. The van der Waals surface area contributed by atoms with Gasteiger partial charge in [0.2, 0.25) is 5.91 Å². The number of nitrogens with two attached hydrogens (primary N) is 1. The maximum atomic E-state index is 13.5. The fourth-order valence-electron chi connectivity index (χ4n) is 2.25. The lowest BCUT2D eigenvalue weighted by molar-refractivity contribution is -0.115. The molecule has 2 aromatic carbocycles. The number of ketones is 1. The minimum absolute atomic E-state index is 0.0265. The molecule has 0 saturated heterocycles. The molecule has 0 aliphatic carbocycles. The van der Waals surface area contributed by atoms with Crippen LogP contribution in [0.25, 0.3) is 0 Å². The van der Waals surface area contributed by atoms with Crippen LogP contribution >= 0.6 is 11.6 Å². The zero-order valence-corrected chi connectivity index (χ0v) is 11.5. The number of rotatable bonds is 2. The van der Waals surface area contributed by atoms with Gasteiger partial charge in [-0.25, -0.2) is 4.39 Å². The Hall–Kier alpha value is -2.40. The molecule has 106 valence electrons. The summed E-state index contributed by atoms with van der Waals surface area (Å²) >= 11 is 6.08. The number of amides is 1. The third kappa shape index (κ3) is 2.36. The van der Waals surface area contributed by atoms with Crippen LogP contribution < -0.4 is 11.1 Å². The second-order valence-corrected chi connectivity index (χ2v) is 5.19. The van der Waals surface area contributed by atoms with Crippen LogP contribution in [0.15, 0.2) is 30.3 Å². The van der Waals surface area contributed by atoms with E-state index in [9.17, 15) is 14.0 Å². The molecule has 0 atom stereocenters. The van der Waals surface area contributed by atoms with Crippen molar-refractivity contribution < 1.29 is 14.0 Å². The van der Waals surface area contributed by atoms with Crippen LogP contribution in [0.2, 0.25) is 5.02 Å². The van der Waals surface area contributed by atoms with Crippen LogP contribution in [0, 0.1) is 5.82 Å². The Balaban J connectivity index is 2.04. The van der Waals surface area contributed by atoms with Gasteiger partial charge in [0.05, 0.1) is 17.1 Å². The molecule has 1 heterocycles. The molecule has 0 bridgehead atoms. The third-order valence-corrected chi connectivity index (χ3v) is 3.64. The number of hydrogen-bond acceptors (Lipinski definition) is 3. The van der Waals surface area contributed by atoms with E-state index in [1.54, 1.807) is 6.07 Å². The maximum Gasteiger partial charge on any atom is 0.228 e. The summed E-state index contributed by atoms with van der Waals surface area (Å²) in [6.45, 7) is 0. The van der Waals surface area contributed by atoms with Gasteiger partial charge in [-0.3, -0.25) is 9.59 Å². The first-order valence-electron chi connectivity index (χ1n) is 6.17. The van der Waals surface area contributed by atoms with Gasteiger partial charge in [-0.2, -0.15) is 0 Å². The molecule has 0 aromatic heterocycles. The summed E-state index contributed by atoms with van der Waals surface area (Å²) in [6.07, 6.45) is 0.197. The molecule has 0 unspecified atom stereocenters. The summed E-state index contributed by atoms with van der Waals surface area (Å²) in [5.74, 6) is -1.22. The quantitative estimate of drug-likeness (QED) is 0.662. The molecule has 21 heavy (non-hydrogen) atoms. The molecule has 6 heteroatoms. The molecule has 0 saturated carbocycles. The Labute approximate surface area is 124 Å². The average Bonchev–Trinajstić information content (AvgIpc) is 2.79. The monoisotopic (exact) mass is 304 g/mol. The number of fused-ring (bicyclic) bond motifs is 1. The highest BCUT2D eigenvalue weighted by molar-refractivity contribution is 6.35. The van der Waals surface area contributed by atoms with Gasteiger partial charge in [0.1, 0.15) is 5.82 Å². The minimum Gasteiger partial charge on any atom is -0.396 e. The van der Waals surface area contributed by atoms with E-state index in [0.29, 0.717) is 11.3 Å². The smallest absolute Gasteiger partial charge is 0.228 e. The van der Waals surface area contributed by atoms with E-state index in [1.807, 2.05) is 0 Å². The Morgan fingerprint density at radius 2 is 2.05 bits per heavy atom. The second kappa shape index (κ2) is 4.86. The van der Waals surface area contributed by atoms with Crippen molar-refractivity contribution in [3.8, 4) is 0 Å². The lowest BCUT2D eigenvalue weighted by Gasteiger charge is -2.07. The number of nitrogens with one attached hydrogen (secondary N) is 1. The number of hydrogen-bond donors (Lipinski definition) is 2. The summed E-state index contributed by atoms with van der Waals surface area (Å²) in [6, 6.07) is 6.93. The van der Waals surface area contributed by atoms with Crippen LogP contribution in [0.3, 0.4) is 0 Å². The number of carbonyl (C=O) groups is 2. The zero-order chi connectivity index (χ0) is 15.1. The first kappa shape index (κ1) is 13.6. The molecule has 0 fully saturated rings. The van der Waals surface area contributed by atoms with Crippen molar-refractivity contribution >= 4 is 34.7 Å². The lowest BCUT2D eigenvalue weighted by atomic mass is 9.99. The molecule has 2 aromatic rings. The van der Waals surface area contributed by atoms with Crippen molar-refractivity contribution in [2.24, 2.45) is 0 Å². The Bertz CT molecular complexity index is 789. The molecule has 3 rings (SSSR count). The summed E-state index contributed by atoms with van der Waals surface area (Å²) in [5.41, 5.74) is 7.05. The van der Waals surface area contributed by atoms with Gasteiger partial charge in [-0.1, -0.05) is 11.6 Å². The topological polar surface area (TPSA) is 72.2 Å². The number of nitrogen functional groups attached to an aromatic ring is 1. The molecule has 1 aliphatic heterocycles. The van der Waals surface area contributed by atoms with E-state index < -0.39 is 11.6 Å². The van der Waals surface area contributed by atoms with Crippen molar-refractivity contribution in [2.45, 2.75) is 6.42 Å². The van der Waals surface area contributed by atoms with Gasteiger partial charge < -0.3 is 11.1 Å². The van der Waals surface area contributed by atoms with E-state index >= 15 is 0 Å². The molecular weight excluding hydrogens is 295 g/mol. The zero-order valence-electron chi connectivity index (χ0n) is 10.7. The summed E-state index contributed by atoms with van der Waals surface area (Å²) < 4.78 is 13.5. The molecule has 0 radical (unpaired) electrons. The molecular formula is C15H10ClFN2O2. The fourth-order valence-corrected chi connectivity index (χ4v) is 2.50. The van der Waals surface area contributed by atoms with Crippen LogP contribution in [-0.2, 0) is 11.2 Å². The Morgan fingerprint density at radius 1 is 1.29 bits per heavy atom. The van der Waals surface area contributed by atoms with Gasteiger partial charge in [-0.05, 0) is 35.9 Å². The van der Waals surface area contributed by atoms with Crippen molar-refractivity contribution in [3.05, 3.63) is 57.9 Å². The Morgan fingerprint density at radius 3 is 2.76 bits per heavy atom. The normalized spacial score (nSPS) is 13.0. The molecule has 1 aliphatic rings. The van der Waals surface area contributed by atoms with E-state index in [2.05, 4.69) is 5.32 Å². The van der Waals surface area contributed by atoms with Crippen molar-refractivity contribution in [1.82, 2.24) is 0 Å². The number of anilines is 2. The number of carbonyl (C=O) groups excluding carboxylic acids is 2. The number of benzene rings is 2. The van der Waals surface area contributed by atoms with E-state index in [0.717, 1.165) is 6.07 Å². The van der Waals surface area contributed by atoms with Crippen LogP contribution in [0.1, 0.15) is 21.5 Å². The third-order valence-electron chi connectivity index (χ3n) is 3.33. The lowest BCUT2D eigenvalue weighted by Crippen LogP contribution is -2.04. The highest BCUT2D eigenvalue weighted by atomic mass is 35.5. The molecule has 1 amide bonds. The van der Waals surface area contributed by atoms with Gasteiger partial charge in [0, 0.05) is 16.8 Å². The largest absolute Gasteiger partial charge is 0.396 e. The van der Waals surface area contributed by atoms with Gasteiger partial charge in [-0.15, -0.1) is 0 Å². The summed E-state index contributed by atoms with van der Waals surface area (Å²) in [7, 11) is 0. The van der Waals surface area contributed by atoms with Crippen LogP contribution in [-0.4, -0.2) is 11.7 Å². The standard InChI is InChI=1S/C15H10ClFN2O2/c16-10-6-13-8(5-14(20)19-13)3-9(10)15(21)7-1-2-12(18)11(17)4-7/h1-4,6H,5,18H2,(H,19,20). The average molecular weight is 305 g/mol.